The van der Waals surface area contributed by atoms with E-state index >= 15 is 0 Å². The van der Waals surface area contributed by atoms with Crippen molar-refractivity contribution in [3.05, 3.63) is 12.3 Å². The summed E-state index contributed by atoms with van der Waals surface area (Å²) in [6.07, 6.45) is 7.13. The van der Waals surface area contributed by atoms with Gasteiger partial charge in [0.05, 0.1) is 6.04 Å². The van der Waals surface area contributed by atoms with Crippen LogP contribution in [-0.4, -0.2) is 15.8 Å². The van der Waals surface area contributed by atoms with E-state index < -0.39 is 0 Å². The molecule has 0 aromatic carbocycles. The molecule has 0 spiro atoms. The number of aromatic nitrogens is 2. The average Bonchev–Trinajstić information content (AvgIpc) is 2.52. The zero-order chi connectivity index (χ0) is 8.97. The number of hydrogen-bond donors (Lipinski definition) is 1. The molecular formula is C9H13N3. The van der Waals surface area contributed by atoms with Crippen LogP contribution in [0.5, 0.6) is 0 Å². The van der Waals surface area contributed by atoms with Gasteiger partial charge >= 0.3 is 0 Å². The van der Waals surface area contributed by atoms with Crippen molar-refractivity contribution in [2.75, 3.05) is 5.32 Å². The van der Waals surface area contributed by atoms with E-state index in [1.54, 1.807) is 0 Å². The van der Waals surface area contributed by atoms with Crippen LogP contribution in [0, 0.1) is 12.3 Å². The highest BCUT2D eigenvalue weighted by atomic mass is 15.3. The lowest BCUT2D eigenvalue weighted by Gasteiger charge is -2.04. The Kier molecular flexibility index (Phi) is 2.76. The standard InChI is InChI=1S/C9H13N3/c1-4-8(3)10-9-6-7-12(5-2)11-9/h1,6-8H,5H2,2-3H3,(H,10,11). The van der Waals surface area contributed by atoms with Gasteiger partial charge in [-0.25, -0.2) is 0 Å². The van der Waals surface area contributed by atoms with Gasteiger partial charge in [0.25, 0.3) is 0 Å². The summed E-state index contributed by atoms with van der Waals surface area (Å²) in [4.78, 5) is 0. The lowest BCUT2D eigenvalue weighted by atomic mass is 10.3. The summed E-state index contributed by atoms with van der Waals surface area (Å²) in [6.45, 7) is 4.85. The zero-order valence-corrected chi connectivity index (χ0v) is 7.41. The first-order chi connectivity index (χ1) is 5.76. The van der Waals surface area contributed by atoms with Gasteiger partial charge in [-0.05, 0) is 13.8 Å². The first-order valence-corrected chi connectivity index (χ1v) is 4.02. The first-order valence-electron chi connectivity index (χ1n) is 4.02. The van der Waals surface area contributed by atoms with Crippen LogP contribution >= 0.6 is 0 Å². The minimum absolute atomic E-state index is 0.0326. The molecule has 3 nitrogen and oxygen atoms in total. The summed E-state index contributed by atoms with van der Waals surface area (Å²) in [5.41, 5.74) is 0. The molecule has 1 aromatic heterocycles. The third-order valence-corrected chi connectivity index (χ3v) is 1.58. The molecule has 1 unspecified atom stereocenters. The highest BCUT2D eigenvalue weighted by Gasteiger charge is 1.99. The van der Waals surface area contributed by atoms with Gasteiger partial charge in [-0.1, -0.05) is 5.92 Å². The van der Waals surface area contributed by atoms with Gasteiger partial charge in [-0.15, -0.1) is 6.42 Å². The second-order valence-electron chi connectivity index (χ2n) is 2.59. The molecule has 0 fully saturated rings. The van der Waals surface area contributed by atoms with Crippen LogP contribution in [0.3, 0.4) is 0 Å². The fourth-order valence-corrected chi connectivity index (χ4v) is 0.878. The van der Waals surface area contributed by atoms with Crippen molar-refractivity contribution < 1.29 is 0 Å². The number of nitrogens with one attached hydrogen (secondary N) is 1. The molecule has 0 aliphatic heterocycles. The Morgan fingerprint density at radius 3 is 3.08 bits per heavy atom. The van der Waals surface area contributed by atoms with Gasteiger partial charge < -0.3 is 5.32 Å². The fraction of sp³-hybridized carbons (Fsp3) is 0.444. The lowest BCUT2D eigenvalue weighted by Crippen LogP contribution is -2.12. The zero-order valence-electron chi connectivity index (χ0n) is 7.41. The first kappa shape index (κ1) is 8.66. The van der Waals surface area contributed by atoms with Gasteiger partial charge in [0, 0.05) is 18.8 Å². The van der Waals surface area contributed by atoms with Crippen molar-refractivity contribution >= 4 is 5.82 Å². The largest absolute Gasteiger partial charge is 0.355 e. The van der Waals surface area contributed by atoms with E-state index in [1.165, 1.54) is 0 Å². The molecule has 0 bridgehead atoms. The van der Waals surface area contributed by atoms with E-state index in [1.807, 2.05) is 30.8 Å². The van der Waals surface area contributed by atoms with Crippen molar-refractivity contribution in [1.82, 2.24) is 9.78 Å². The van der Waals surface area contributed by atoms with Crippen LogP contribution in [0.25, 0.3) is 0 Å². The minimum Gasteiger partial charge on any atom is -0.355 e. The Morgan fingerprint density at radius 2 is 2.58 bits per heavy atom. The molecule has 1 rings (SSSR count). The Hall–Kier alpha value is -1.43. The van der Waals surface area contributed by atoms with Crippen molar-refractivity contribution in [1.29, 1.82) is 0 Å². The molecule has 12 heavy (non-hydrogen) atoms. The number of nitrogens with zero attached hydrogens (tertiary/aromatic N) is 2. The molecule has 1 heterocycles. The SMILES string of the molecule is C#CC(C)Nc1ccn(CC)n1. The number of rotatable bonds is 3. The number of hydrogen-bond acceptors (Lipinski definition) is 2. The van der Waals surface area contributed by atoms with Crippen LogP contribution in [-0.2, 0) is 6.54 Å². The Labute approximate surface area is 72.8 Å². The van der Waals surface area contributed by atoms with E-state index in [9.17, 15) is 0 Å². The van der Waals surface area contributed by atoms with E-state index in [0.717, 1.165) is 12.4 Å². The van der Waals surface area contributed by atoms with E-state index in [2.05, 4.69) is 16.3 Å². The maximum absolute atomic E-state index is 5.21. The minimum atomic E-state index is 0.0326. The molecule has 0 amide bonds. The maximum Gasteiger partial charge on any atom is 0.148 e. The molecule has 0 radical (unpaired) electrons. The summed E-state index contributed by atoms with van der Waals surface area (Å²) >= 11 is 0. The van der Waals surface area contributed by atoms with Crippen LogP contribution in [0.4, 0.5) is 5.82 Å². The third kappa shape index (κ3) is 2.03. The van der Waals surface area contributed by atoms with Crippen molar-refractivity contribution in [3.63, 3.8) is 0 Å². The molecule has 64 valence electrons. The normalized spacial score (nSPS) is 12.1. The summed E-state index contributed by atoms with van der Waals surface area (Å²) in [7, 11) is 0. The topological polar surface area (TPSA) is 29.9 Å². The third-order valence-electron chi connectivity index (χ3n) is 1.58. The van der Waals surface area contributed by atoms with Crippen molar-refractivity contribution in [2.24, 2.45) is 0 Å². The van der Waals surface area contributed by atoms with Crippen LogP contribution in [0.15, 0.2) is 12.3 Å². The second kappa shape index (κ2) is 3.82. The van der Waals surface area contributed by atoms with Gasteiger partial charge in [0.1, 0.15) is 5.82 Å². The monoisotopic (exact) mass is 163 g/mol. The number of aryl methyl sites for hydroxylation is 1. The molecule has 3 heteroatoms. The van der Waals surface area contributed by atoms with Gasteiger partial charge in [0.2, 0.25) is 0 Å². The number of terminal acetylenes is 1. The molecule has 1 aromatic rings. The highest BCUT2D eigenvalue weighted by Crippen LogP contribution is 2.03. The summed E-state index contributed by atoms with van der Waals surface area (Å²) < 4.78 is 1.85. The molecule has 0 aliphatic carbocycles. The average molecular weight is 163 g/mol. The van der Waals surface area contributed by atoms with Crippen LogP contribution < -0.4 is 5.32 Å². The fourth-order valence-electron chi connectivity index (χ4n) is 0.878. The summed E-state index contributed by atoms with van der Waals surface area (Å²) in [6, 6.07) is 1.95. The van der Waals surface area contributed by atoms with Gasteiger partial charge in [0.15, 0.2) is 0 Å². The number of anilines is 1. The molecule has 0 saturated carbocycles. The van der Waals surface area contributed by atoms with Crippen LogP contribution in [0.1, 0.15) is 13.8 Å². The lowest BCUT2D eigenvalue weighted by molar-refractivity contribution is 0.660. The highest BCUT2D eigenvalue weighted by molar-refractivity contribution is 5.35. The van der Waals surface area contributed by atoms with Gasteiger partial charge in [-0.2, -0.15) is 5.10 Å². The Morgan fingerprint density at radius 1 is 1.83 bits per heavy atom. The van der Waals surface area contributed by atoms with Crippen LogP contribution in [0.2, 0.25) is 0 Å². The second-order valence-corrected chi connectivity index (χ2v) is 2.59. The van der Waals surface area contributed by atoms with Crippen molar-refractivity contribution in [2.45, 2.75) is 26.4 Å². The summed E-state index contributed by atoms with van der Waals surface area (Å²) in [5, 5.41) is 7.30. The summed E-state index contributed by atoms with van der Waals surface area (Å²) in [5.74, 6) is 3.42. The molecule has 0 saturated heterocycles. The Balaban J connectivity index is 2.59. The quantitative estimate of drug-likeness (QED) is 0.681. The molecule has 1 N–H and O–H groups in total. The smallest absolute Gasteiger partial charge is 0.148 e. The predicted molar refractivity (Wildman–Crippen MR) is 49.8 cm³/mol. The van der Waals surface area contributed by atoms with Gasteiger partial charge in [-0.3, -0.25) is 4.68 Å². The van der Waals surface area contributed by atoms with E-state index in [-0.39, 0.29) is 6.04 Å². The van der Waals surface area contributed by atoms with E-state index in [4.69, 9.17) is 6.42 Å². The molecule has 0 aliphatic rings. The van der Waals surface area contributed by atoms with E-state index in [0.29, 0.717) is 0 Å². The predicted octanol–water partition coefficient (Wildman–Crippen LogP) is 1.34. The molecular weight excluding hydrogens is 150 g/mol. The molecule has 1 atom stereocenters. The maximum atomic E-state index is 5.21. The Bertz CT molecular complexity index is 282. The van der Waals surface area contributed by atoms with Crippen molar-refractivity contribution in [3.8, 4) is 12.3 Å².